The van der Waals surface area contributed by atoms with Crippen LogP contribution in [0.2, 0.25) is 5.02 Å². The van der Waals surface area contributed by atoms with Crippen LogP contribution in [0.25, 0.3) is 21.3 Å². The van der Waals surface area contributed by atoms with Crippen molar-refractivity contribution in [2.24, 2.45) is 0 Å². The van der Waals surface area contributed by atoms with E-state index in [1.807, 2.05) is 47.8 Å². The van der Waals surface area contributed by atoms with Crippen molar-refractivity contribution in [3.05, 3.63) is 75.1 Å². The summed E-state index contributed by atoms with van der Waals surface area (Å²) in [7, 11) is 1.70. The zero-order valence-corrected chi connectivity index (χ0v) is 19.2. The number of anilines is 1. The number of aromatic amines is 1. The number of nitrogens with zero attached hydrogens (tertiary/aromatic N) is 3. The van der Waals surface area contributed by atoms with Crippen LogP contribution in [0.5, 0.6) is 5.75 Å². The predicted molar refractivity (Wildman–Crippen MR) is 131 cm³/mol. The molecule has 8 heteroatoms. The number of halogens is 1. The summed E-state index contributed by atoms with van der Waals surface area (Å²) in [5.74, 6) is 1.60. The van der Waals surface area contributed by atoms with Gasteiger partial charge in [0.25, 0.3) is 5.56 Å². The van der Waals surface area contributed by atoms with Crippen molar-refractivity contribution >= 4 is 38.8 Å². The van der Waals surface area contributed by atoms with Crippen LogP contribution in [0.4, 0.5) is 5.69 Å². The molecule has 0 radical (unpaired) electrons. The quantitative estimate of drug-likeness (QED) is 0.464. The molecule has 5 rings (SSSR count). The average molecular weight is 467 g/mol. The second kappa shape index (κ2) is 8.94. The van der Waals surface area contributed by atoms with Gasteiger partial charge >= 0.3 is 0 Å². The molecule has 1 fully saturated rings. The molecule has 0 spiro atoms. The Morgan fingerprint density at radius 3 is 2.59 bits per heavy atom. The molecule has 164 valence electrons. The van der Waals surface area contributed by atoms with Gasteiger partial charge in [0.15, 0.2) is 0 Å². The zero-order chi connectivity index (χ0) is 22.1. The number of nitrogens with one attached hydrogen (secondary N) is 1. The van der Waals surface area contributed by atoms with Gasteiger partial charge in [-0.1, -0.05) is 35.9 Å². The molecule has 1 aliphatic heterocycles. The molecule has 6 nitrogen and oxygen atoms in total. The number of rotatable bonds is 5. The number of ether oxygens (including phenoxy) is 1. The van der Waals surface area contributed by atoms with Crippen LogP contribution in [-0.4, -0.2) is 48.2 Å². The van der Waals surface area contributed by atoms with Gasteiger partial charge in [-0.15, -0.1) is 11.3 Å². The molecular formula is C24H23ClN4O2S. The Balaban J connectivity index is 1.31. The Bertz CT molecular complexity index is 1290. The number of aromatic nitrogens is 2. The number of piperazine rings is 1. The Hall–Kier alpha value is -2.87. The van der Waals surface area contributed by atoms with E-state index < -0.39 is 0 Å². The summed E-state index contributed by atoms with van der Waals surface area (Å²) in [5, 5.41) is 3.31. The molecule has 0 bridgehead atoms. The van der Waals surface area contributed by atoms with E-state index in [4.69, 9.17) is 21.3 Å². The number of hydrogen-bond acceptors (Lipinski definition) is 6. The first-order valence-electron chi connectivity index (χ1n) is 10.5. The summed E-state index contributed by atoms with van der Waals surface area (Å²) in [6, 6.07) is 15.6. The lowest BCUT2D eigenvalue weighted by molar-refractivity contribution is 0.243. The second-order valence-corrected chi connectivity index (χ2v) is 9.08. The summed E-state index contributed by atoms with van der Waals surface area (Å²) in [5.41, 5.74) is 2.89. The second-order valence-electron chi connectivity index (χ2n) is 7.78. The lowest BCUT2D eigenvalue weighted by atomic mass is 10.1. The van der Waals surface area contributed by atoms with Gasteiger partial charge in [-0.05, 0) is 29.8 Å². The van der Waals surface area contributed by atoms with Crippen LogP contribution in [-0.2, 0) is 6.54 Å². The van der Waals surface area contributed by atoms with Crippen molar-refractivity contribution < 1.29 is 4.74 Å². The fourth-order valence-electron chi connectivity index (χ4n) is 4.16. The van der Waals surface area contributed by atoms with Crippen molar-refractivity contribution in [1.82, 2.24) is 14.9 Å². The first kappa shape index (κ1) is 21.0. The topological polar surface area (TPSA) is 61.5 Å². The summed E-state index contributed by atoms with van der Waals surface area (Å²) in [6.07, 6.45) is 0. The Morgan fingerprint density at radius 2 is 1.84 bits per heavy atom. The summed E-state index contributed by atoms with van der Waals surface area (Å²) in [6.45, 7) is 4.19. The third-order valence-corrected chi connectivity index (χ3v) is 6.94. The van der Waals surface area contributed by atoms with Gasteiger partial charge in [0.2, 0.25) is 0 Å². The highest BCUT2D eigenvalue weighted by atomic mass is 35.5. The van der Waals surface area contributed by atoms with E-state index in [2.05, 4.69) is 20.9 Å². The monoisotopic (exact) mass is 466 g/mol. The fourth-order valence-corrected chi connectivity index (χ4v) is 5.25. The number of benzene rings is 2. The molecule has 0 saturated carbocycles. The number of methoxy groups -OCH3 is 1. The molecule has 1 aliphatic rings. The Morgan fingerprint density at radius 1 is 1.09 bits per heavy atom. The first-order valence-corrected chi connectivity index (χ1v) is 11.7. The molecule has 1 saturated heterocycles. The average Bonchev–Trinajstić information content (AvgIpc) is 3.25. The number of thiophene rings is 1. The van der Waals surface area contributed by atoms with Crippen LogP contribution < -0.4 is 15.2 Å². The van der Waals surface area contributed by atoms with E-state index in [0.717, 1.165) is 53.6 Å². The fraction of sp³-hybridized carbons (Fsp3) is 0.250. The van der Waals surface area contributed by atoms with Gasteiger partial charge in [0.05, 0.1) is 24.7 Å². The molecule has 1 N–H and O–H groups in total. The highest BCUT2D eigenvalue weighted by molar-refractivity contribution is 7.17. The van der Waals surface area contributed by atoms with Crippen molar-refractivity contribution in [3.63, 3.8) is 0 Å². The van der Waals surface area contributed by atoms with E-state index in [9.17, 15) is 4.79 Å². The number of para-hydroxylation sites is 2. The van der Waals surface area contributed by atoms with Gasteiger partial charge in [-0.3, -0.25) is 9.69 Å². The molecule has 32 heavy (non-hydrogen) atoms. The molecule has 0 amide bonds. The number of H-pyrrole nitrogens is 1. The van der Waals surface area contributed by atoms with Gasteiger partial charge in [0, 0.05) is 42.1 Å². The normalized spacial score (nSPS) is 14.8. The highest BCUT2D eigenvalue weighted by Gasteiger charge is 2.21. The minimum atomic E-state index is -0.0937. The van der Waals surface area contributed by atoms with E-state index >= 15 is 0 Å². The van der Waals surface area contributed by atoms with E-state index in [1.54, 1.807) is 7.11 Å². The van der Waals surface area contributed by atoms with Crippen molar-refractivity contribution in [2.45, 2.75) is 6.54 Å². The minimum absolute atomic E-state index is 0.0937. The maximum absolute atomic E-state index is 12.9. The lowest BCUT2D eigenvalue weighted by Gasteiger charge is -2.36. The largest absolute Gasteiger partial charge is 0.495 e. The molecule has 0 aliphatic carbocycles. The van der Waals surface area contributed by atoms with E-state index in [0.29, 0.717) is 22.8 Å². The lowest BCUT2D eigenvalue weighted by Crippen LogP contribution is -2.46. The van der Waals surface area contributed by atoms with Crippen LogP contribution in [0.15, 0.2) is 58.7 Å². The maximum Gasteiger partial charge on any atom is 0.260 e. The predicted octanol–water partition coefficient (Wildman–Crippen LogP) is 4.64. The van der Waals surface area contributed by atoms with Gasteiger partial charge in [0.1, 0.15) is 16.4 Å². The molecule has 3 heterocycles. The minimum Gasteiger partial charge on any atom is -0.495 e. The van der Waals surface area contributed by atoms with E-state index in [-0.39, 0.29) is 5.56 Å². The number of hydrogen-bond donors (Lipinski definition) is 1. The summed E-state index contributed by atoms with van der Waals surface area (Å²) < 4.78 is 5.50. The third kappa shape index (κ3) is 4.11. The molecule has 4 aromatic rings. The Labute approximate surface area is 195 Å². The molecule has 2 aromatic heterocycles. The van der Waals surface area contributed by atoms with Crippen LogP contribution >= 0.6 is 22.9 Å². The molecule has 0 atom stereocenters. The van der Waals surface area contributed by atoms with Crippen molar-refractivity contribution in [2.75, 3.05) is 38.2 Å². The SMILES string of the molecule is COc1ccccc1N1CCN(Cc2nc3scc(-c4ccc(Cl)cc4)c3c(=O)[nH]2)CC1. The third-order valence-electron chi connectivity index (χ3n) is 5.82. The molecule has 2 aromatic carbocycles. The van der Waals surface area contributed by atoms with Crippen molar-refractivity contribution in [1.29, 1.82) is 0 Å². The summed E-state index contributed by atoms with van der Waals surface area (Å²) in [4.78, 5) is 26.1. The summed E-state index contributed by atoms with van der Waals surface area (Å²) >= 11 is 7.50. The smallest absolute Gasteiger partial charge is 0.260 e. The highest BCUT2D eigenvalue weighted by Crippen LogP contribution is 2.32. The van der Waals surface area contributed by atoms with Crippen LogP contribution in [0.1, 0.15) is 5.82 Å². The molecule has 0 unspecified atom stereocenters. The zero-order valence-electron chi connectivity index (χ0n) is 17.7. The standard InChI is InChI=1S/C24H23ClN4O2S/c1-31-20-5-3-2-4-19(20)29-12-10-28(11-13-29)14-21-26-23(30)22-18(15-32-24(22)27-21)16-6-8-17(25)9-7-16/h2-9,15H,10-14H2,1H3,(H,26,27,30). The Kier molecular flexibility index (Phi) is 5.87. The van der Waals surface area contributed by atoms with Crippen LogP contribution in [0, 0.1) is 0 Å². The van der Waals surface area contributed by atoms with E-state index in [1.165, 1.54) is 11.3 Å². The van der Waals surface area contributed by atoms with Crippen LogP contribution in [0.3, 0.4) is 0 Å². The molecular weight excluding hydrogens is 444 g/mol. The van der Waals surface area contributed by atoms with Gasteiger partial charge < -0.3 is 14.6 Å². The van der Waals surface area contributed by atoms with Crippen molar-refractivity contribution in [3.8, 4) is 16.9 Å². The first-order chi connectivity index (χ1) is 15.6. The van der Waals surface area contributed by atoms with Gasteiger partial charge in [-0.25, -0.2) is 4.98 Å². The number of fused-ring (bicyclic) bond motifs is 1. The van der Waals surface area contributed by atoms with Gasteiger partial charge in [-0.2, -0.15) is 0 Å². The maximum atomic E-state index is 12.9.